The van der Waals surface area contributed by atoms with Gasteiger partial charge in [-0.3, -0.25) is 4.99 Å². The van der Waals surface area contributed by atoms with Crippen LogP contribution in [0, 0.1) is 0 Å². The Hall–Kier alpha value is -3.54. The van der Waals surface area contributed by atoms with E-state index >= 15 is 0 Å². The lowest BCUT2D eigenvalue weighted by Crippen LogP contribution is -2.41. The number of hydrogen-bond acceptors (Lipinski definition) is 3. The molecule has 1 aliphatic rings. The molecule has 30 heavy (non-hydrogen) atoms. The molecule has 0 aliphatic heterocycles. The molecule has 154 valence electrons. The van der Waals surface area contributed by atoms with Crippen LogP contribution in [0.4, 0.5) is 16.2 Å². The maximum atomic E-state index is 12.2. The largest absolute Gasteiger partial charge is 0.404 e. The van der Waals surface area contributed by atoms with Crippen LogP contribution >= 0.6 is 0 Å². The summed E-state index contributed by atoms with van der Waals surface area (Å²) in [6.45, 7) is 2.13. The van der Waals surface area contributed by atoms with Crippen LogP contribution in [0.1, 0.15) is 37.3 Å². The van der Waals surface area contributed by atoms with Crippen molar-refractivity contribution >= 4 is 40.1 Å². The molecule has 3 aromatic rings. The second-order valence-electron chi connectivity index (χ2n) is 7.59. The third-order valence-electron chi connectivity index (χ3n) is 5.58. The Labute approximate surface area is 176 Å². The van der Waals surface area contributed by atoms with Crippen LogP contribution in [-0.2, 0) is 6.42 Å². The molecule has 0 radical (unpaired) electrons. The van der Waals surface area contributed by atoms with E-state index in [1.807, 2.05) is 36.5 Å². The minimum Gasteiger partial charge on any atom is -0.404 e. The number of fused-ring (bicyclic) bond motifs is 1. The number of carbonyl (C=O) groups is 1. The van der Waals surface area contributed by atoms with Crippen LogP contribution in [0.2, 0.25) is 0 Å². The van der Waals surface area contributed by atoms with Crippen molar-refractivity contribution < 1.29 is 4.79 Å². The van der Waals surface area contributed by atoms with Gasteiger partial charge in [0.15, 0.2) is 0 Å². The zero-order valence-electron chi connectivity index (χ0n) is 17.1. The predicted octanol–water partition coefficient (Wildman–Crippen LogP) is 5.11. The fourth-order valence-electron chi connectivity index (χ4n) is 3.48. The van der Waals surface area contributed by atoms with Gasteiger partial charge in [0.1, 0.15) is 0 Å². The van der Waals surface area contributed by atoms with Gasteiger partial charge in [0, 0.05) is 41.1 Å². The Morgan fingerprint density at radius 3 is 2.70 bits per heavy atom. The van der Waals surface area contributed by atoms with Crippen molar-refractivity contribution in [1.82, 2.24) is 10.3 Å². The van der Waals surface area contributed by atoms with Crippen LogP contribution in [0.15, 0.2) is 59.9 Å². The van der Waals surface area contributed by atoms with Gasteiger partial charge in [-0.15, -0.1) is 0 Å². The topological polar surface area (TPSA) is 95.3 Å². The lowest BCUT2D eigenvalue weighted by atomic mass is 9.93. The summed E-state index contributed by atoms with van der Waals surface area (Å²) < 4.78 is 0. The van der Waals surface area contributed by atoms with Gasteiger partial charge >= 0.3 is 6.03 Å². The van der Waals surface area contributed by atoms with Crippen LogP contribution in [0.5, 0.6) is 0 Å². The number of nitrogens with one attached hydrogen (secondary N) is 3. The summed E-state index contributed by atoms with van der Waals surface area (Å²) >= 11 is 0. The average Bonchev–Trinajstić information content (AvgIpc) is 3.14. The number of aromatic amines is 1. The van der Waals surface area contributed by atoms with Crippen LogP contribution in [-0.4, -0.2) is 23.3 Å². The quantitative estimate of drug-likeness (QED) is 0.432. The van der Waals surface area contributed by atoms with Gasteiger partial charge in [0.05, 0.1) is 11.4 Å². The molecule has 6 heteroatoms. The summed E-state index contributed by atoms with van der Waals surface area (Å²) in [6, 6.07) is 14.3. The smallest absolute Gasteiger partial charge is 0.319 e. The van der Waals surface area contributed by atoms with Crippen LogP contribution < -0.4 is 16.4 Å². The number of allylic oxidation sites excluding steroid dienone is 1. The second-order valence-corrected chi connectivity index (χ2v) is 7.59. The number of nitrogens with two attached hydrogens (primary N) is 1. The summed E-state index contributed by atoms with van der Waals surface area (Å²) in [4.78, 5) is 20.0. The highest BCUT2D eigenvalue weighted by Crippen LogP contribution is 2.27. The number of anilines is 1. The van der Waals surface area contributed by atoms with Crippen LogP contribution in [0.3, 0.4) is 0 Å². The first-order valence-corrected chi connectivity index (χ1v) is 10.4. The van der Waals surface area contributed by atoms with E-state index < -0.39 is 0 Å². The van der Waals surface area contributed by atoms with Gasteiger partial charge in [-0.25, -0.2) is 4.79 Å². The number of aryl methyl sites for hydroxylation is 1. The fourth-order valence-corrected chi connectivity index (χ4v) is 3.48. The minimum atomic E-state index is -0.169. The number of amides is 2. The molecule has 5 N–H and O–H groups in total. The maximum Gasteiger partial charge on any atom is 0.319 e. The molecule has 0 bridgehead atoms. The number of hydrogen-bond donors (Lipinski definition) is 4. The Kier molecular flexibility index (Phi) is 5.84. The number of nitrogens with zero attached hydrogens (tertiary/aromatic N) is 1. The Balaban J connectivity index is 1.53. The fraction of sp³-hybridized carbons (Fsp3) is 0.250. The molecule has 0 atom stereocenters. The van der Waals surface area contributed by atoms with Crippen molar-refractivity contribution in [3.8, 4) is 0 Å². The third kappa shape index (κ3) is 4.38. The number of aromatic nitrogens is 1. The molecule has 0 saturated heterocycles. The molecular formula is C24H27N5O. The van der Waals surface area contributed by atoms with Crippen molar-refractivity contribution in [1.29, 1.82) is 0 Å². The Morgan fingerprint density at radius 2 is 2.03 bits per heavy atom. The molecule has 6 nitrogen and oxygen atoms in total. The first-order valence-electron chi connectivity index (χ1n) is 10.4. The SMILES string of the molecule is CCc1ccc(N=C/C(=C\N)c2ccc3[nH]cc(NC(=O)NC4CCC4)c3c2)cc1. The van der Waals surface area contributed by atoms with E-state index in [4.69, 9.17) is 5.73 Å². The predicted molar refractivity (Wildman–Crippen MR) is 124 cm³/mol. The number of urea groups is 1. The highest BCUT2D eigenvalue weighted by Gasteiger charge is 2.19. The van der Waals surface area contributed by atoms with E-state index in [2.05, 4.69) is 39.7 Å². The van der Waals surface area contributed by atoms with Crippen molar-refractivity contribution in [3.05, 3.63) is 66.0 Å². The third-order valence-corrected chi connectivity index (χ3v) is 5.58. The van der Waals surface area contributed by atoms with E-state index in [0.29, 0.717) is 6.04 Å². The van der Waals surface area contributed by atoms with Gasteiger partial charge in [0.25, 0.3) is 0 Å². The van der Waals surface area contributed by atoms with E-state index in [9.17, 15) is 4.79 Å². The molecular weight excluding hydrogens is 374 g/mol. The summed E-state index contributed by atoms with van der Waals surface area (Å²) in [6.07, 6.45) is 9.42. The highest BCUT2D eigenvalue weighted by atomic mass is 16.2. The van der Waals surface area contributed by atoms with E-state index in [1.54, 1.807) is 12.4 Å². The summed E-state index contributed by atoms with van der Waals surface area (Å²) in [5.74, 6) is 0. The molecule has 0 unspecified atom stereocenters. The molecule has 1 saturated carbocycles. The number of H-pyrrole nitrogens is 1. The molecule has 0 spiro atoms. The maximum absolute atomic E-state index is 12.2. The van der Waals surface area contributed by atoms with Crippen molar-refractivity contribution in [3.63, 3.8) is 0 Å². The number of benzene rings is 2. The van der Waals surface area contributed by atoms with Gasteiger partial charge in [-0.1, -0.05) is 25.1 Å². The zero-order valence-corrected chi connectivity index (χ0v) is 17.1. The van der Waals surface area contributed by atoms with E-state index in [-0.39, 0.29) is 6.03 Å². The monoisotopic (exact) mass is 401 g/mol. The van der Waals surface area contributed by atoms with Crippen molar-refractivity contribution in [2.75, 3.05) is 5.32 Å². The van der Waals surface area contributed by atoms with Crippen molar-refractivity contribution in [2.45, 2.75) is 38.6 Å². The number of carbonyl (C=O) groups excluding carboxylic acids is 1. The molecule has 1 heterocycles. The first-order chi connectivity index (χ1) is 14.7. The van der Waals surface area contributed by atoms with Gasteiger partial charge < -0.3 is 21.4 Å². The average molecular weight is 402 g/mol. The molecule has 4 rings (SSSR count). The number of aliphatic imine (C=N–C) groups is 1. The Bertz CT molecular complexity index is 1090. The minimum absolute atomic E-state index is 0.169. The first kappa shape index (κ1) is 19.8. The van der Waals surface area contributed by atoms with Gasteiger partial charge in [-0.05, 0) is 61.1 Å². The normalized spacial score (nSPS) is 14.8. The summed E-state index contributed by atoms with van der Waals surface area (Å²) in [5.41, 5.74) is 11.5. The zero-order chi connectivity index (χ0) is 20.9. The molecule has 1 aliphatic carbocycles. The lowest BCUT2D eigenvalue weighted by molar-refractivity contribution is 0.240. The summed E-state index contributed by atoms with van der Waals surface area (Å²) in [7, 11) is 0. The van der Waals surface area contributed by atoms with Crippen molar-refractivity contribution in [2.24, 2.45) is 10.7 Å². The van der Waals surface area contributed by atoms with Crippen LogP contribution in [0.25, 0.3) is 16.5 Å². The van der Waals surface area contributed by atoms with Gasteiger partial charge in [-0.2, -0.15) is 0 Å². The Morgan fingerprint density at radius 1 is 1.23 bits per heavy atom. The highest BCUT2D eigenvalue weighted by molar-refractivity contribution is 6.12. The van der Waals surface area contributed by atoms with Gasteiger partial charge in [0.2, 0.25) is 0 Å². The molecule has 2 amide bonds. The standard InChI is InChI=1S/C24H27N5O/c1-2-16-6-9-19(10-7-16)26-14-18(13-25)17-8-11-22-21(12-17)23(15-27-22)29-24(30)28-20-4-3-5-20/h6-15,20,27H,2-5,25H2,1H3,(H2,28,29,30)/b18-13+,26-14?. The second kappa shape index (κ2) is 8.86. The lowest BCUT2D eigenvalue weighted by Gasteiger charge is -2.26. The molecule has 2 aromatic carbocycles. The molecule has 1 aromatic heterocycles. The molecule has 1 fully saturated rings. The number of rotatable bonds is 6. The summed E-state index contributed by atoms with van der Waals surface area (Å²) in [5, 5.41) is 6.88. The van der Waals surface area contributed by atoms with E-state index in [0.717, 1.165) is 52.7 Å². The van der Waals surface area contributed by atoms with E-state index in [1.165, 1.54) is 12.0 Å².